The molecule has 5 heteroatoms. The van der Waals surface area contributed by atoms with Gasteiger partial charge in [-0.2, -0.15) is 4.98 Å². The van der Waals surface area contributed by atoms with Crippen molar-refractivity contribution < 1.29 is 9.26 Å². The highest BCUT2D eigenvalue weighted by Gasteiger charge is 2.35. The van der Waals surface area contributed by atoms with E-state index < -0.39 is 11.6 Å². The summed E-state index contributed by atoms with van der Waals surface area (Å²) in [4.78, 5) is 4.34. The zero-order valence-electron chi connectivity index (χ0n) is 11.3. The van der Waals surface area contributed by atoms with Crippen molar-refractivity contribution in [1.82, 2.24) is 10.1 Å². The second-order valence-corrected chi connectivity index (χ2v) is 4.11. The number of hydrogen-bond acceptors (Lipinski definition) is 5. The van der Waals surface area contributed by atoms with Gasteiger partial charge >= 0.3 is 0 Å². The lowest BCUT2D eigenvalue weighted by molar-refractivity contribution is -0.0583. The van der Waals surface area contributed by atoms with Gasteiger partial charge in [0.1, 0.15) is 5.60 Å². The number of hydrogen-bond donors (Lipinski definition) is 1. The van der Waals surface area contributed by atoms with Gasteiger partial charge in [-0.3, -0.25) is 0 Å². The molecule has 1 unspecified atom stereocenters. The molecule has 100 valence electrons. The molecule has 0 aromatic carbocycles. The highest BCUT2D eigenvalue weighted by molar-refractivity contribution is 5.04. The maximum atomic E-state index is 5.84. The maximum Gasteiger partial charge on any atom is 0.244 e. The lowest BCUT2D eigenvalue weighted by Crippen LogP contribution is -2.30. The smallest absolute Gasteiger partial charge is 0.244 e. The van der Waals surface area contributed by atoms with E-state index in [1.165, 1.54) is 0 Å². The summed E-state index contributed by atoms with van der Waals surface area (Å²) in [5, 5.41) is 3.99. The quantitative estimate of drug-likeness (QED) is 0.751. The normalized spacial score (nSPS) is 13.3. The minimum absolute atomic E-state index is 0.369. The van der Waals surface area contributed by atoms with Gasteiger partial charge in [0.25, 0.3) is 0 Å². The Balaban J connectivity index is 2.98. The van der Waals surface area contributed by atoms with Crippen molar-refractivity contribution in [1.29, 1.82) is 0 Å². The number of ether oxygens (including phenoxy) is 1. The van der Waals surface area contributed by atoms with Gasteiger partial charge in [-0.05, 0) is 19.8 Å². The lowest BCUT2D eigenvalue weighted by Gasteiger charge is -2.27. The summed E-state index contributed by atoms with van der Waals surface area (Å²) >= 11 is 0. The zero-order chi connectivity index (χ0) is 13.6. The first-order chi connectivity index (χ1) is 8.63. The largest absolute Gasteiger partial charge is 0.367 e. The standard InChI is InChI=1S/C13H21N3O2/c1-5-9-10(14)11-15-12(16-18-11)13(6-2,7-3)17-8-4/h1,10H,6-9,14H2,2-4H3. The number of aromatic nitrogens is 2. The van der Waals surface area contributed by atoms with Gasteiger partial charge in [-0.25, -0.2) is 0 Å². The summed E-state index contributed by atoms with van der Waals surface area (Å²) in [5.41, 5.74) is 5.35. The van der Waals surface area contributed by atoms with Crippen LogP contribution >= 0.6 is 0 Å². The van der Waals surface area contributed by atoms with Crippen LogP contribution in [0.4, 0.5) is 0 Å². The Kier molecular flexibility index (Phi) is 5.32. The van der Waals surface area contributed by atoms with Crippen LogP contribution < -0.4 is 5.73 Å². The van der Waals surface area contributed by atoms with Gasteiger partial charge in [0.15, 0.2) is 0 Å². The highest BCUT2D eigenvalue weighted by Crippen LogP contribution is 2.31. The third kappa shape index (κ3) is 2.89. The molecule has 0 bridgehead atoms. The Morgan fingerprint density at radius 3 is 2.61 bits per heavy atom. The molecule has 1 atom stereocenters. The Morgan fingerprint density at radius 2 is 2.11 bits per heavy atom. The fourth-order valence-corrected chi connectivity index (χ4v) is 1.90. The van der Waals surface area contributed by atoms with Gasteiger partial charge < -0.3 is 15.0 Å². The first-order valence-corrected chi connectivity index (χ1v) is 6.30. The molecule has 0 radical (unpaired) electrons. The molecule has 0 saturated carbocycles. The second kappa shape index (κ2) is 6.53. The van der Waals surface area contributed by atoms with E-state index in [4.69, 9.17) is 21.4 Å². The number of terminal acetylenes is 1. The molecule has 1 aromatic heterocycles. The van der Waals surface area contributed by atoms with E-state index in [0.717, 1.165) is 12.8 Å². The Hall–Kier alpha value is -1.38. The Morgan fingerprint density at radius 1 is 1.44 bits per heavy atom. The van der Waals surface area contributed by atoms with E-state index in [2.05, 4.69) is 16.1 Å². The average Bonchev–Trinajstić information content (AvgIpc) is 2.86. The van der Waals surface area contributed by atoms with E-state index in [1.54, 1.807) is 0 Å². The first-order valence-electron chi connectivity index (χ1n) is 6.30. The van der Waals surface area contributed by atoms with Crippen LogP contribution in [0.25, 0.3) is 0 Å². The molecule has 0 aliphatic carbocycles. The number of nitrogens with two attached hydrogens (primary N) is 1. The van der Waals surface area contributed by atoms with E-state index >= 15 is 0 Å². The Labute approximate surface area is 108 Å². The molecule has 0 spiro atoms. The fraction of sp³-hybridized carbons (Fsp3) is 0.692. The summed E-state index contributed by atoms with van der Waals surface area (Å²) in [6.45, 7) is 6.63. The molecule has 2 N–H and O–H groups in total. The molecule has 1 aromatic rings. The molecule has 0 aliphatic heterocycles. The van der Waals surface area contributed by atoms with Crippen molar-refractivity contribution >= 4 is 0 Å². The third-order valence-corrected chi connectivity index (χ3v) is 3.07. The molecule has 0 amide bonds. The Bertz CT molecular complexity index is 405. The molecule has 0 saturated heterocycles. The van der Waals surface area contributed by atoms with Crippen LogP contribution in [0.3, 0.4) is 0 Å². The number of nitrogens with zero attached hydrogens (tertiary/aromatic N) is 2. The summed E-state index contributed by atoms with van der Waals surface area (Å²) in [6, 6.07) is -0.413. The predicted molar refractivity (Wildman–Crippen MR) is 68.6 cm³/mol. The molecular formula is C13H21N3O2. The predicted octanol–water partition coefficient (Wildman–Crippen LogP) is 2.14. The van der Waals surface area contributed by atoms with Crippen molar-refractivity contribution in [2.75, 3.05) is 6.61 Å². The van der Waals surface area contributed by atoms with E-state index in [0.29, 0.717) is 24.7 Å². The maximum absolute atomic E-state index is 5.84. The zero-order valence-corrected chi connectivity index (χ0v) is 11.3. The summed E-state index contributed by atoms with van der Waals surface area (Å²) < 4.78 is 11.0. The summed E-state index contributed by atoms with van der Waals surface area (Å²) in [6.07, 6.45) is 7.15. The van der Waals surface area contributed by atoms with Crippen molar-refractivity contribution in [3.63, 3.8) is 0 Å². The van der Waals surface area contributed by atoms with Crippen LogP contribution in [0.1, 0.15) is 57.8 Å². The monoisotopic (exact) mass is 251 g/mol. The van der Waals surface area contributed by atoms with E-state index in [-0.39, 0.29) is 0 Å². The minimum Gasteiger partial charge on any atom is -0.367 e. The fourth-order valence-electron chi connectivity index (χ4n) is 1.90. The minimum atomic E-state index is -0.494. The van der Waals surface area contributed by atoms with Gasteiger partial charge in [-0.1, -0.05) is 19.0 Å². The summed E-state index contributed by atoms with van der Waals surface area (Å²) in [5.74, 6) is 3.41. The number of rotatable bonds is 7. The van der Waals surface area contributed by atoms with Crippen molar-refractivity contribution in [2.24, 2.45) is 5.73 Å². The van der Waals surface area contributed by atoms with Gasteiger partial charge in [0.05, 0.1) is 6.04 Å². The van der Waals surface area contributed by atoms with Crippen LogP contribution in [0.5, 0.6) is 0 Å². The lowest BCUT2D eigenvalue weighted by atomic mass is 9.96. The third-order valence-electron chi connectivity index (χ3n) is 3.07. The molecule has 18 heavy (non-hydrogen) atoms. The average molecular weight is 251 g/mol. The highest BCUT2D eigenvalue weighted by atomic mass is 16.5. The first kappa shape index (κ1) is 14.7. The summed E-state index contributed by atoms with van der Waals surface area (Å²) in [7, 11) is 0. The van der Waals surface area contributed by atoms with Gasteiger partial charge in [0, 0.05) is 13.0 Å². The molecule has 0 fully saturated rings. The molecular weight excluding hydrogens is 230 g/mol. The van der Waals surface area contributed by atoms with E-state index in [1.807, 2.05) is 20.8 Å². The van der Waals surface area contributed by atoms with Crippen molar-refractivity contribution in [3.05, 3.63) is 11.7 Å². The second-order valence-electron chi connectivity index (χ2n) is 4.11. The topological polar surface area (TPSA) is 74.2 Å². The van der Waals surface area contributed by atoms with Crippen LogP contribution in [0.15, 0.2) is 4.52 Å². The molecule has 1 heterocycles. The molecule has 5 nitrogen and oxygen atoms in total. The van der Waals surface area contributed by atoms with Gasteiger partial charge in [-0.15, -0.1) is 12.3 Å². The van der Waals surface area contributed by atoms with Crippen LogP contribution in [0, 0.1) is 12.3 Å². The van der Waals surface area contributed by atoms with Crippen LogP contribution in [-0.2, 0) is 10.3 Å². The van der Waals surface area contributed by atoms with Gasteiger partial charge in [0.2, 0.25) is 11.7 Å². The SMILES string of the molecule is C#CCC(N)c1nc(C(CC)(CC)OCC)no1. The van der Waals surface area contributed by atoms with Crippen molar-refractivity contribution in [2.45, 2.75) is 51.7 Å². The van der Waals surface area contributed by atoms with Crippen molar-refractivity contribution in [3.8, 4) is 12.3 Å². The van der Waals surface area contributed by atoms with E-state index in [9.17, 15) is 0 Å². The van der Waals surface area contributed by atoms with Crippen LogP contribution in [-0.4, -0.2) is 16.7 Å². The van der Waals surface area contributed by atoms with Crippen LogP contribution in [0.2, 0.25) is 0 Å². The molecule has 1 rings (SSSR count). The molecule has 0 aliphatic rings.